The lowest BCUT2D eigenvalue weighted by Crippen LogP contribution is -2.36. The monoisotopic (exact) mass is 380 g/mol. The Morgan fingerprint density at radius 1 is 1.32 bits per heavy atom. The summed E-state index contributed by atoms with van der Waals surface area (Å²) < 4.78 is 6.84. The number of tetrazole rings is 1. The Kier molecular flexibility index (Phi) is 7.11. The molecule has 0 bridgehead atoms. The van der Waals surface area contributed by atoms with Gasteiger partial charge in [-0.25, -0.2) is 9.48 Å². The van der Waals surface area contributed by atoms with Crippen molar-refractivity contribution < 1.29 is 9.53 Å². The third-order valence-electron chi connectivity index (χ3n) is 3.59. The highest BCUT2D eigenvalue weighted by Gasteiger charge is 2.24. The molecule has 0 aliphatic rings. The van der Waals surface area contributed by atoms with Crippen LogP contribution in [0.15, 0.2) is 24.3 Å². The minimum atomic E-state index is -0.630. The van der Waals surface area contributed by atoms with Crippen molar-refractivity contribution in [2.45, 2.75) is 58.7 Å². The molecule has 0 aliphatic heterocycles. The van der Waals surface area contributed by atoms with E-state index in [1.165, 1.54) is 4.68 Å². The fraction of sp³-hybridized carbons (Fsp3) is 0.450. The average molecular weight is 380 g/mol. The molecule has 146 valence electrons. The maximum absolute atomic E-state index is 12.2. The second-order valence-electron chi connectivity index (χ2n) is 7.24. The van der Waals surface area contributed by atoms with Crippen molar-refractivity contribution in [2.75, 3.05) is 0 Å². The first kappa shape index (κ1) is 20.9. The fourth-order valence-electron chi connectivity index (χ4n) is 2.33. The van der Waals surface area contributed by atoms with Gasteiger partial charge in [0.15, 0.2) is 5.82 Å². The van der Waals surface area contributed by atoms with Gasteiger partial charge >= 0.3 is 6.09 Å². The first-order chi connectivity index (χ1) is 13.3. The van der Waals surface area contributed by atoms with Crippen LogP contribution in [0.5, 0.6) is 0 Å². The molecular formula is C20H24N6O2. The predicted molar refractivity (Wildman–Crippen MR) is 103 cm³/mol. The van der Waals surface area contributed by atoms with Crippen LogP contribution < -0.4 is 5.32 Å². The number of ether oxygens (including phenoxy) is 1. The zero-order chi connectivity index (χ0) is 20.6. The van der Waals surface area contributed by atoms with E-state index in [4.69, 9.17) is 10.00 Å². The number of nitriles is 1. The zero-order valence-corrected chi connectivity index (χ0v) is 16.6. The summed E-state index contributed by atoms with van der Waals surface area (Å²) >= 11 is 0. The summed E-state index contributed by atoms with van der Waals surface area (Å²) in [5, 5.41) is 23.2. The molecule has 1 unspecified atom stereocenters. The van der Waals surface area contributed by atoms with Crippen LogP contribution in [0.1, 0.15) is 56.6 Å². The number of carbonyl (C=O) groups excluding carboxylic acids is 1. The largest absolute Gasteiger partial charge is 0.444 e. The van der Waals surface area contributed by atoms with Crippen LogP contribution in [0.3, 0.4) is 0 Å². The molecule has 1 atom stereocenters. The number of aromatic nitrogens is 4. The molecule has 0 saturated carbocycles. The number of carbonyl (C=O) groups is 1. The van der Waals surface area contributed by atoms with Crippen molar-refractivity contribution in [2.24, 2.45) is 0 Å². The van der Waals surface area contributed by atoms with Gasteiger partial charge in [-0.2, -0.15) is 5.26 Å². The SMILES string of the molecule is Cc1ccc(C#CCC(NC(=O)OC(C)(C)C)c2nnnn2CCC#N)cc1. The number of benzene rings is 1. The van der Waals surface area contributed by atoms with Crippen LogP contribution in [-0.2, 0) is 11.3 Å². The third-order valence-corrected chi connectivity index (χ3v) is 3.59. The van der Waals surface area contributed by atoms with Crippen molar-refractivity contribution in [3.05, 3.63) is 41.2 Å². The number of hydrogen-bond acceptors (Lipinski definition) is 6. The summed E-state index contributed by atoms with van der Waals surface area (Å²) in [5.41, 5.74) is 1.41. The molecule has 1 heterocycles. The van der Waals surface area contributed by atoms with E-state index in [-0.39, 0.29) is 6.42 Å². The molecule has 1 aromatic carbocycles. The normalized spacial score (nSPS) is 11.7. The van der Waals surface area contributed by atoms with Crippen LogP contribution in [0, 0.1) is 30.1 Å². The van der Waals surface area contributed by atoms with Gasteiger partial charge in [-0.3, -0.25) is 0 Å². The summed E-state index contributed by atoms with van der Waals surface area (Å²) in [4.78, 5) is 12.2. The van der Waals surface area contributed by atoms with Gasteiger partial charge in [0.1, 0.15) is 11.6 Å². The summed E-state index contributed by atoms with van der Waals surface area (Å²) in [7, 11) is 0. The van der Waals surface area contributed by atoms with Gasteiger partial charge in [-0.15, -0.1) is 5.10 Å². The van der Waals surface area contributed by atoms with Gasteiger partial charge < -0.3 is 10.1 Å². The Morgan fingerprint density at radius 2 is 2.04 bits per heavy atom. The van der Waals surface area contributed by atoms with Crippen LogP contribution >= 0.6 is 0 Å². The molecular weight excluding hydrogens is 356 g/mol. The molecule has 2 aromatic rings. The van der Waals surface area contributed by atoms with E-state index in [1.807, 2.05) is 31.2 Å². The van der Waals surface area contributed by atoms with Crippen molar-refractivity contribution >= 4 is 6.09 Å². The molecule has 8 heteroatoms. The summed E-state index contributed by atoms with van der Waals surface area (Å²) in [6, 6.07) is 9.35. The van der Waals surface area contributed by atoms with E-state index in [2.05, 4.69) is 38.8 Å². The molecule has 2 rings (SSSR count). The molecule has 1 aromatic heterocycles. The highest BCUT2D eigenvalue weighted by atomic mass is 16.6. The van der Waals surface area contributed by atoms with E-state index >= 15 is 0 Å². The van der Waals surface area contributed by atoms with Crippen molar-refractivity contribution in [3.63, 3.8) is 0 Å². The van der Waals surface area contributed by atoms with Gasteiger partial charge in [0.05, 0.1) is 19.0 Å². The minimum absolute atomic E-state index is 0.256. The second kappa shape index (κ2) is 9.52. The fourth-order valence-corrected chi connectivity index (χ4v) is 2.33. The summed E-state index contributed by atoms with van der Waals surface area (Å²) in [6.07, 6.45) is -0.0313. The minimum Gasteiger partial charge on any atom is -0.444 e. The number of hydrogen-bond donors (Lipinski definition) is 1. The van der Waals surface area contributed by atoms with Crippen molar-refractivity contribution in [3.8, 4) is 17.9 Å². The number of amides is 1. The highest BCUT2D eigenvalue weighted by molar-refractivity contribution is 5.68. The maximum Gasteiger partial charge on any atom is 0.408 e. The van der Waals surface area contributed by atoms with Crippen LogP contribution in [0.4, 0.5) is 4.79 Å². The van der Waals surface area contributed by atoms with Gasteiger partial charge in [-0.05, 0) is 50.3 Å². The van der Waals surface area contributed by atoms with Gasteiger partial charge in [0, 0.05) is 12.0 Å². The van der Waals surface area contributed by atoms with E-state index in [9.17, 15) is 4.79 Å². The number of nitrogens with one attached hydrogen (secondary N) is 1. The molecule has 0 saturated heterocycles. The molecule has 0 spiro atoms. The van der Waals surface area contributed by atoms with Crippen LogP contribution in [-0.4, -0.2) is 31.9 Å². The second-order valence-corrected chi connectivity index (χ2v) is 7.24. The zero-order valence-electron chi connectivity index (χ0n) is 16.6. The Bertz CT molecular complexity index is 894. The smallest absolute Gasteiger partial charge is 0.408 e. The predicted octanol–water partition coefficient (Wildman–Crippen LogP) is 2.90. The van der Waals surface area contributed by atoms with E-state index < -0.39 is 17.7 Å². The summed E-state index contributed by atoms with van der Waals surface area (Å²) in [6.45, 7) is 7.71. The third kappa shape index (κ3) is 6.73. The Balaban J connectivity index is 2.19. The molecule has 0 fully saturated rings. The lowest BCUT2D eigenvalue weighted by atomic mass is 10.1. The molecule has 1 amide bonds. The number of alkyl carbamates (subject to hydrolysis) is 1. The quantitative estimate of drug-likeness (QED) is 0.800. The lowest BCUT2D eigenvalue weighted by Gasteiger charge is -2.22. The molecule has 28 heavy (non-hydrogen) atoms. The van der Waals surface area contributed by atoms with Crippen LogP contribution in [0.25, 0.3) is 0 Å². The van der Waals surface area contributed by atoms with E-state index in [0.717, 1.165) is 11.1 Å². The highest BCUT2D eigenvalue weighted by Crippen LogP contribution is 2.16. The topological polar surface area (TPSA) is 106 Å². The Hall–Kier alpha value is -3.39. The van der Waals surface area contributed by atoms with Gasteiger partial charge in [-0.1, -0.05) is 29.5 Å². The van der Waals surface area contributed by atoms with Crippen LogP contribution in [0.2, 0.25) is 0 Å². The first-order valence-corrected chi connectivity index (χ1v) is 8.96. The van der Waals surface area contributed by atoms with Gasteiger partial charge in [0.25, 0.3) is 0 Å². The Morgan fingerprint density at radius 3 is 2.68 bits per heavy atom. The maximum atomic E-state index is 12.2. The number of aryl methyl sites for hydroxylation is 2. The molecule has 0 aliphatic carbocycles. The first-order valence-electron chi connectivity index (χ1n) is 8.96. The number of nitrogens with zero attached hydrogens (tertiary/aromatic N) is 5. The van der Waals surface area contributed by atoms with E-state index in [0.29, 0.717) is 18.8 Å². The van der Waals surface area contributed by atoms with E-state index in [1.54, 1.807) is 20.8 Å². The van der Waals surface area contributed by atoms with Crippen molar-refractivity contribution in [1.82, 2.24) is 25.5 Å². The number of rotatable bonds is 5. The summed E-state index contributed by atoms with van der Waals surface area (Å²) in [5.74, 6) is 6.57. The van der Waals surface area contributed by atoms with Crippen molar-refractivity contribution in [1.29, 1.82) is 5.26 Å². The lowest BCUT2D eigenvalue weighted by molar-refractivity contribution is 0.0501. The molecule has 0 radical (unpaired) electrons. The van der Waals surface area contributed by atoms with Gasteiger partial charge in [0.2, 0.25) is 0 Å². The average Bonchev–Trinajstić information content (AvgIpc) is 3.07. The Labute approximate surface area is 164 Å². The molecule has 8 nitrogen and oxygen atoms in total. The molecule has 1 N–H and O–H groups in total. The standard InChI is InChI=1S/C20H24N6O2/c1-15-9-11-16(12-10-15)7-5-8-17(22-19(27)28-20(2,3)4)18-23-24-25-26(18)14-6-13-21/h9-12,17H,6,8,14H2,1-4H3,(H,22,27).